The molecular weight excluding hydrogens is 302 g/mol. The largest absolute Gasteiger partial charge is 0.463 e. The monoisotopic (exact) mass is 325 g/mol. The van der Waals surface area contributed by atoms with E-state index in [1.165, 1.54) is 0 Å². The van der Waals surface area contributed by atoms with Gasteiger partial charge in [-0.3, -0.25) is 4.90 Å². The number of amides is 2. The molecule has 3 aliphatic heterocycles. The first-order valence-electron chi connectivity index (χ1n) is 8.06. The molecule has 8 heteroatoms. The third-order valence-corrected chi connectivity index (χ3v) is 4.39. The number of nitrogens with one attached hydrogen (secondary N) is 2. The van der Waals surface area contributed by atoms with Crippen molar-refractivity contribution in [2.45, 2.75) is 25.6 Å². The molecule has 128 valence electrons. The van der Waals surface area contributed by atoms with Gasteiger partial charge in [-0.25, -0.2) is 9.59 Å². The summed E-state index contributed by atoms with van der Waals surface area (Å²) in [7, 11) is 0. The second kappa shape index (κ2) is 6.86. The first kappa shape index (κ1) is 16.2. The van der Waals surface area contributed by atoms with Crippen LogP contribution in [0.4, 0.5) is 4.79 Å². The third-order valence-electron chi connectivity index (χ3n) is 4.39. The van der Waals surface area contributed by atoms with E-state index in [2.05, 4.69) is 15.5 Å². The van der Waals surface area contributed by atoms with Gasteiger partial charge in [-0.2, -0.15) is 0 Å². The van der Waals surface area contributed by atoms with Gasteiger partial charge < -0.3 is 24.8 Å². The summed E-state index contributed by atoms with van der Waals surface area (Å²) in [6.07, 6.45) is 1.59. The van der Waals surface area contributed by atoms with E-state index < -0.39 is 5.79 Å². The van der Waals surface area contributed by atoms with E-state index in [9.17, 15) is 9.59 Å². The molecule has 0 unspecified atom stereocenters. The van der Waals surface area contributed by atoms with Crippen LogP contribution in [0.2, 0.25) is 0 Å². The number of nitrogens with zero attached hydrogens (tertiary/aromatic N) is 1. The molecule has 2 amide bonds. The Bertz CT molecular complexity index is 503. The molecule has 0 bridgehead atoms. The molecule has 1 spiro atoms. The van der Waals surface area contributed by atoms with Gasteiger partial charge in [0.2, 0.25) is 0 Å². The molecule has 0 atom stereocenters. The lowest BCUT2D eigenvalue weighted by Gasteiger charge is -2.38. The highest BCUT2D eigenvalue weighted by Crippen LogP contribution is 2.31. The van der Waals surface area contributed by atoms with Crippen molar-refractivity contribution in [3.63, 3.8) is 0 Å². The van der Waals surface area contributed by atoms with E-state index in [1.54, 1.807) is 6.92 Å². The highest BCUT2D eigenvalue weighted by molar-refractivity contribution is 5.93. The van der Waals surface area contributed by atoms with Crippen molar-refractivity contribution in [1.82, 2.24) is 15.5 Å². The molecule has 0 saturated carbocycles. The number of rotatable bonds is 4. The number of hydrogen-bond donors (Lipinski definition) is 2. The van der Waals surface area contributed by atoms with Crippen molar-refractivity contribution in [1.29, 1.82) is 0 Å². The Labute approximate surface area is 135 Å². The molecule has 23 heavy (non-hydrogen) atoms. The summed E-state index contributed by atoms with van der Waals surface area (Å²) >= 11 is 0. The van der Waals surface area contributed by atoms with Crippen LogP contribution in [0.1, 0.15) is 19.8 Å². The standard InChI is InChI=1S/C15H23N3O5/c1-2-21-13(19)11-9-16-14(20)17-12(11)10-18-5-3-15(4-6-18)22-7-8-23-15/h2-10H2,1H3,(H2,16,17,20). The number of piperidine rings is 1. The second-order valence-corrected chi connectivity index (χ2v) is 5.87. The van der Waals surface area contributed by atoms with E-state index in [0.29, 0.717) is 37.6 Å². The molecule has 2 N–H and O–H groups in total. The van der Waals surface area contributed by atoms with E-state index in [4.69, 9.17) is 14.2 Å². The lowest BCUT2D eigenvalue weighted by Crippen LogP contribution is -2.50. The first-order chi connectivity index (χ1) is 11.1. The summed E-state index contributed by atoms with van der Waals surface area (Å²) in [5.41, 5.74) is 1.11. The minimum absolute atomic E-state index is 0.198. The lowest BCUT2D eigenvalue weighted by molar-refractivity contribution is -0.184. The van der Waals surface area contributed by atoms with Crippen LogP contribution in [-0.4, -0.2) is 68.7 Å². The van der Waals surface area contributed by atoms with E-state index in [1.807, 2.05) is 0 Å². The Hall–Kier alpha value is -1.64. The van der Waals surface area contributed by atoms with Crippen LogP contribution in [-0.2, 0) is 19.0 Å². The molecule has 0 aromatic rings. The SMILES string of the molecule is CCOC(=O)C1=C(CN2CCC3(CC2)OCCO3)NC(=O)NC1. The molecule has 2 fully saturated rings. The molecule has 2 saturated heterocycles. The molecular formula is C15H23N3O5. The zero-order valence-corrected chi connectivity index (χ0v) is 13.4. The van der Waals surface area contributed by atoms with Gasteiger partial charge in [0.1, 0.15) is 0 Å². The fourth-order valence-corrected chi connectivity index (χ4v) is 3.14. The fourth-order valence-electron chi connectivity index (χ4n) is 3.14. The van der Waals surface area contributed by atoms with Gasteiger partial charge in [-0.05, 0) is 6.92 Å². The summed E-state index contributed by atoms with van der Waals surface area (Å²) in [4.78, 5) is 25.8. The van der Waals surface area contributed by atoms with Crippen molar-refractivity contribution in [2.75, 3.05) is 46.0 Å². The Morgan fingerprint density at radius 1 is 1.30 bits per heavy atom. The highest BCUT2D eigenvalue weighted by atomic mass is 16.7. The molecule has 3 heterocycles. The summed E-state index contributed by atoms with van der Waals surface area (Å²) in [5, 5.41) is 5.35. The molecule has 3 rings (SSSR count). The minimum Gasteiger partial charge on any atom is -0.463 e. The number of ether oxygens (including phenoxy) is 3. The number of carbonyl (C=O) groups excluding carboxylic acids is 2. The Balaban J connectivity index is 1.64. The van der Waals surface area contributed by atoms with Crippen LogP contribution in [0.3, 0.4) is 0 Å². The molecule has 0 radical (unpaired) electrons. The van der Waals surface area contributed by atoms with E-state index in [-0.39, 0.29) is 18.5 Å². The predicted octanol–water partition coefficient (Wildman–Crippen LogP) is -0.0447. The lowest BCUT2D eigenvalue weighted by atomic mass is 10.0. The van der Waals surface area contributed by atoms with Crippen molar-refractivity contribution in [2.24, 2.45) is 0 Å². The van der Waals surface area contributed by atoms with Crippen molar-refractivity contribution < 1.29 is 23.8 Å². The van der Waals surface area contributed by atoms with Gasteiger partial charge in [0, 0.05) is 38.2 Å². The van der Waals surface area contributed by atoms with Gasteiger partial charge in [0.25, 0.3) is 0 Å². The maximum absolute atomic E-state index is 12.0. The Kier molecular flexibility index (Phi) is 4.84. The number of hydrogen-bond acceptors (Lipinski definition) is 6. The quantitative estimate of drug-likeness (QED) is 0.705. The van der Waals surface area contributed by atoms with Gasteiger partial charge in [-0.1, -0.05) is 0 Å². The van der Waals surface area contributed by atoms with Gasteiger partial charge in [0.05, 0.1) is 31.9 Å². The maximum Gasteiger partial charge on any atom is 0.337 e. The van der Waals surface area contributed by atoms with E-state index >= 15 is 0 Å². The number of urea groups is 1. The van der Waals surface area contributed by atoms with Crippen LogP contribution >= 0.6 is 0 Å². The number of esters is 1. The van der Waals surface area contributed by atoms with Gasteiger partial charge >= 0.3 is 12.0 Å². The third kappa shape index (κ3) is 3.65. The molecule has 8 nitrogen and oxygen atoms in total. The van der Waals surface area contributed by atoms with Crippen LogP contribution in [0.5, 0.6) is 0 Å². The van der Waals surface area contributed by atoms with E-state index in [0.717, 1.165) is 25.9 Å². The summed E-state index contributed by atoms with van der Waals surface area (Å²) in [6.45, 7) is 5.68. The average molecular weight is 325 g/mol. The highest BCUT2D eigenvalue weighted by Gasteiger charge is 2.40. The van der Waals surface area contributed by atoms with Crippen molar-refractivity contribution in [3.05, 3.63) is 11.3 Å². The molecule has 0 aromatic heterocycles. The van der Waals surface area contributed by atoms with Crippen LogP contribution in [0.15, 0.2) is 11.3 Å². The topological polar surface area (TPSA) is 89.1 Å². The summed E-state index contributed by atoms with van der Waals surface area (Å²) in [5.74, 6) is -0.808. The zero-order valence-electron chi connectivity index (χ0n) is 13.4. The number of likely N-dealkylation sites (tertiary alicyclic amines) is 1. The zero-order chi connectivity index (χ0) is 16.3. The Morgan fingerprint density at radius 2 is 2.00 bits per heavy atom. The predicted molar refractivity (Wildman–Crippen MR) is 80.5 cm³/mol. The molecule has 0 aromatic carbocycles. The van der Waals surface area contributed by atoms with Crippen LogP contribution in [0, 0.1) is 0 Å². The summed E-state index contributed by atoms with van der Waals surface area (Å²) in [6, 6.07) is -0.288. The fraction of sp³-hybridized carbons (Fsp3) is 0.733. The van der Waals surface area contributed by atoms with Gasteiger partial charge in [-0.15, -0.1) is 0 Å². The first-order valence-corrected chi connectivity index (χ1v) is 8.06. The normalized spacial score (nSPS) is 24.5. The molecule has 3 aliphatic rings. The average Bonchev–Trinajstić information content (AvgIpc) is 2.98. The van der Waals surface area contributed by atoms with Crippen molar-refractivity contribution in [3.8, 4) is 0 Å². The second-order valence-electron chi connectivity index (χ2n) is 5.87. The molecule has 0 aliphatic carbocycles. The minimum atomic E-state index is -0.424. The maximum atomic E-state index is 12.0. The number of carbonyl (C=O) groups is 2. The van der Waals surface area contributed by atoms with Crippen LogP contribution in [0.25, 0.3) is 0 Å². The Morgan fingerprint density at radius 3 is 2.65 bits per heavy atom. The summed E-state index contributed by atoms with van der Waals surface area (Å²) < 4.78 is 16.5. The van der Waals surface area contributed by atoms with Gasteiger partial charge in [0.15, 0.2) is 5.79 Å². The van der Waals surface area contributed by atoms with Crippen LogP contribution < -0.4 is 10.6 Å². The van der Waals surface area contributed by atoms with Crippen molar-refractivity contribution >= 4 is 12.0 Å². The smallest absolute Gasteiger partial charge is 0.337 e.